The van der Waals surface area contributed by atoms with Gasteiger partial charge in [-0.25, -0.2) is 9.97 Å². The van der Waals surface area contributed by atoms with Gasteiger partial charge in [0.2, 0.25) is 5.95 Å². The number of carbonyl (C=O) groups excluding carboxylic acids is 1. The van der Waals surface area contributed by atoms with Crippen LogP contribution in [0, 0.1) is 0 Å². The molecule has 0 radical (unpaired) electrons. The number of anilines is 1. The highest BCUT2D eigenvalue weighted by atomic mass is 32.2. The zero-order valence-corrected chi connectivity index (χ0v) is 24.0. The number of carbonyl (C=O) groups is 1. The molecule has 2 aromatic carbocycles. The smallest absolute Gasteiger partial charge is 0.416 e. The fourth-order valence-corrected chi connectivity index (χ4v) is 5.60. The van der Waals surface area contributed by atoms with Crippen molar-refractivity contribution in [3.05, 3.63) is 82.0 Å². The highest BCUT2D eigenvalue weighted by Crippen LogP contribution is 2.39. The maximum Gasteiger partial charge on any atom is 0.416 e. The SMILES string of the molecule is COc1cc(/C=C2\SC(N3CCCN(c4ncccn4)CC3)=NC2=O)ccc1OCc1ccc(C(F)(F)F)cc1C(F)(F)F. The Morgan fingerprint density at radius 1 is 0.909 bits per heavy atom. The zero-order valence-electron chi connectivity index (χ0n) is 23.2. The van der Waals surface area contributed by atoms with Gasteiger partial charge in [0.1, 0.15) is 6.61 Å². The molecule has 3 heterocycles. The fraction of sp³-hybridized carbons (Fsp3) is 0.310. The molecule has 15 heteroatoms. The predicted octanol–water partition coefficient (Wildman–Crippen LogP) is 6.28. The van der Waals surface area contributed by atoms with Crippen LogP contribution in [-0.4, -0.2) is 59.2 Å². The summed E-state index contributed by atoms with van der Waals surface area (Å²) in [5, 5.41) is 0.584. The largest absolute Gasteiger partial charge is 0.493 e. The number of aromatic nitrogens is 2. The molecule has 44 heavy (non-hydrogen) atoms. The molecule has 2 aliphatic heterocycles. The van der Waals surface area contributed by atoms with Crippen molar-refractivity contribution in [1.29, 1.82) is 0 Å². The first-order valence-corrected chi connectivity index (χ1v) is 14.1. The van der Waals surface area contributed by atoms with Crippen LogP contribution in [0.2, 0.25) is 0 Å². The molecule has 0 unspecified atom stereocenters. The minimum Gasteiger partial charge on any atom is -0.493 e. The summed E-state index contributed by atoms with van der Waals surface area (Å²) in [5.41, 5.74) is -2.76. The number of halogens is 6. The van der Waals surface area contributed by atoms with Crippen LogP contribution in [0.4, 0.5) is 32.3 Å². The molecule has 0 aliphatic carbocycles. The molecule has 0 N–H and O–H groups in total. The van der Waals surface area contributed by atoms with Crippen LogP contribution in [0.5, 0.6) is 11.5 Å². The van der Waals surface area contributed by atoms with Gasteiger partial charge in [0.05, 0.1) is 23.1 Å². The topological polar surface area (TPSA) is 80.2 Å². The molecule has 3 aromatic rings. The third-order valence-corrected chi connectivity index (χ3v) is 7.87. The number of rotatable bonds is 6. The molecule has 5 rings (SSSR count). The van der Waals surface area contributed by atoms with E-state index in [1.165, 1.54) is 31.0 Å². The highest BCUT2D eigenvalue weighted by molar-refractivity contribution is 8.18. The van der Waals surface area contributed by atoms with Gasteiger partial charge in [-0.1, -0.05) is 12.1 Å². The zero-order chi connectivity index (χ0) is 31.5. The summed E-state index contributed by atoms with van der Waals surface area (Å²) < 4.78 is 90.4. The number of thioether (sulfide) groups is 1. The molecule has 1 saturated heterocycles. The first-order valence-electron chi connectivity index (χ1n) is 13.3. The number of aliphatic imine (C=N–C) groups is 1. The lowest BCUT2D eigenvalue weighted by atomic mass is 10.0. The van der Waals surface area contributed by atoms with Gasteiger partial charge in [0, 0.05) is 44.1 Å². The van der Waals surface area contributed by atoms with Crippen molar-refractivity contribution in [1.82, 2.24) is 14.9 Å². The lowest BCUT2D eigenvalue weighted by Crippen LogP contribution is -2.33. The Balaban J connectivity index is 1.26. The Kier molecular flexibility index (Phi) is 9.04. The Morgan fingerprint density at radius 2 is 1.64 bits per heavy atom. The molecule has 2 aliphatic rings. The molecule has 0 bridgehead atoms. The summed E-state index contributed by atoms with van der Waals surface area (Å²) in [6.07, 6.45) is -4.13. The van der Waals surface area contributed by atoms with Crippen molar-refractivity contribution in [3.63, 3.8) is 0 Å². The van der Waals surface area contributed by atoms with Crippen molar-refractivity contribution in [3.8, 4) is 11.5 Å². The van der Waals surface area contributed by atoms with Crippen molar-refractivity contribution in [2.45, 2.75) is 25.4 Å². The lowest BCUT2D eigenvalue weighted by Gasteiger charge is -2.22. The second-order valence-corrected chi connectivity index (χ2v) is 10.8. The summed E-state index contributed by atoms with van der Waals surface area (Å²) in [6, 6.07) is 7.71. The minimum atomic E-state index is -5.02. The molecule has 232 valence electrons. The molecule has 0 atom stereocenters. The van der Waals surface area contributed by atoms with Gasteiger partial charge in [-0.2, -0.15) is 31.3 Å². The molecule has 8 nitrogen and oxygen atoms in total. The van der Waals surface area contributed by atoms with Gasteiger partial charge in [-0.05, 0) is 60.2 Å². The first kappa shape index (κ1) is 31.2. The Hall–Kier alpha value is -4.27. The monoisotopic (exact) mass is 637 g/mol. The number of benzene rings is 2. The number of amidine groups is 1. The molecule has 1 aromatic heterocycles. The van der Waals surface area contributed by atoms with Gasteiger partial charge < -0.3 is 19.3 Å². The molecular formula is C29H25F6N5O3S. The fourth-order valence-electron chi connectivity index (χ4n) is 4.64. The number of hydrogen-bond acceptors (Lipinski definition) is 8. The lowest BCUT2D eigenvalue weighted by molar-refractivity contribution is -0.143. The Bertz CT molecular complexity index is 1580. The van der Waals surface area contributed by atoms with Crippen LogP contribution >= 0.6 is 11.8 Å². The van der Waals surface area contributed by atoms with E-state index in [0.717, 1.165) is 19.0 Å². The standard InChI is InChI=1S/C29H25F6N5O3S/c1-42-23-14-18(4-7-22(23)43-17-19-5-6-20(28(30,31)32)16-21(19)29(33,34)35)15-24-25(41)38-27(44-24)40-11-3-10-39(12-13-40)26-36-8-2-9-37-26/h2,4-9,14-16H,3,10-13,17H2,1H3/b24-15-. The molecule has 1 fully saturated rings. The number of alkyl halides is 6. The van der Waals surface area contributed by atoms with Crippen LogP contribution < -0.4 is 14.4 Å². The predicted molar refractivity (Wildman–Crippen MR) is 152 cm³/mol. The van der Waals surface area contributed by atoms with Gasteiger partial charge in [-0.3, -0.25) is 4.79 Å². The van der Waals surface area contributed by atoms with Gasteiger partial charge >= 0.3 is 12.4 Å². The van der Waals surface area contributed by atoms with E-state index in [1.54, 1.807) is 30.6 Å². The van der Waals surface area contributed by atoms with Gasteiger partial charge in [-0.15, -0.1) is 0 Å². The normalized spacial score (nSPS) is 17.1. The number of methoxy groups -OCH3 is 1. The van der Waals surface area contributed by atoms with Crippen LogP contribution in [0.3, 0.4) is 0 Å². The van der Waals surface area contributed by atoms with E-state index in [0.29, 0.717) is 47.3 Å². The molecule has 0 saturated carbocycles. The summed E-state index contributed by atoms with van der Waals surface area (Å²) in [5.74, 6) is 0.473. The summed E-state index contributed by atoms with van der Waals surface area (Å²) >= 11 is 1.24. The van der Waals surface area contributed by atoms with Crippen LogP contribution in [0.1, 0.15) is 28.7 Å². The van der Waals surface area contributed by atoms with E-state index in [1.807, 2.05) is 4.90 Å². The molecule has 0 spiro atoms. The van der Waals surface area contributed by atoms with E-state index in [-0.39, 0.29) is 17.6 Å². The van der Waals surface area contributed by atoms with Crippen LogP contribution in [0.15, 0.2) is 64.8 Å². The Morgan fingerprint density at radius 3 is 2.34 bits per heavy atom. The van der Waals surface area contributed by atoms with Gasteiger partial charge in [0.15, 0.2) is 16.7 Å². The average molecular weight is 638 g/mol. The molecule has 1 amide bonds. The second-order valence-electron chi connectivity index (χ2n) is 9.75. The first-order chi connectivity index (χ1) is 20.9. The highest BCUT2D eigenvalue weighted by Gasteiger charge is 2.38. The van der Waals surface area contributed by atoms with Crippen molar-refractivity contribution in [2.75, 3.05) is 38.2 Å². The minimum absolute atomic E-state index is 0.0666. The number of nitrogens with zero attached hydrogens (tertiary/aromatic N) is 5. The van der Waals surface area contributed by atoms with Crippen molar-refractivity contribution < 1.29 is 40.6 Å². The maximum atomic E-state index is 13.5. The summed E-state index contributed by atoms with van der Waals surface area (Å²) in [6.45, 7) is 2.09. The van der Waals surface area contributed by atoms with Crippen molar-refractivity contribution >= 4 is 34.9 Å². The van der Waals surface area contributed by atoms with E-state index in [9.17, 15) is 31.1 Å². The Labute approximate surface area is 252 Å². The number of hydrogen-bond donors (Lipinski definition) is 0. The molecular weight excluding hydrogens is 612 g/mol. The van der Waals surface area contributed by atoms with E-state index in [4.69, 9.17) is 9.47 Å². The van der Waals surface area contributed by atoms with Crippen molar-refractivity contribution in [2.24, 2.45) is 4.99 Å². The summed E-state index contributed by atoms with van der Waals surface area (Å²) in [7, 11) is 1.33. The quantitative estimate of drug-likeness (QED) is 0.231. The second kappa shape index (κ2) is 12.8. The van der Waals surface area contributed by atoms with Crippen LogP contribution in [0.25, 0.3) is 6.08 Å². The van der Waals surface area contributed by atoms with E-state index in [2.05, 4.69) is 19.9 Å². The van der Waals surface area contributed by atoms with Gasteiger partial charge in [0.25, 0.3) is 5.91 Å². The van der Waals surface area contributed by atoms with E-state index >= 15 is 0 Å². The summed E-state index contributed by atoms with van der Waals surface area (Å²) in [4.78, 5) is 30.1. The van der Waals surface area contributed by atoms with Crippen LogP contribution in [-0.2, 0) is 23.8 Å². The average Bonchev–Trinajstić information content (AvgIpc) is 3.18. The third-order valence-electron chi connectivity index (χ3n) is 6.82. The van der Waals surface area contributed by atoms with E-state index < -0.39 is 41.6 Å². The maximum absolute atomic E-state index is 13.5. The number of ether oxygens (including phenoxy) is 2. The number of amides is 1. The third kappa shape index (κ3) is 7.26.